The number of carbonyl (C=O) groups is 2. The van der Waals surface area contributed by atoms with Crippen molar-refractivity contribution in [3.8, 4) is 5.75 Å². The van der Waals surface area contributed by atoms with Crippen molar-refractivity contribution in [2.45, 2.75) is 26.2 Å². The topological polar surface area (TPSA) is 71.9 Å². The van der Waals surface area contributed by atoms with E-state index in [1.54, 1.807) is 25.2 Å². The molecule has 0 spiro atoms. The number of halogens is 1. The molecule has 134 valence electrons. The van der Waals surface area contributed by atoms with Gasteiger partial charge in [0.05, 0.1) is 19.8 Å². The molecule has 0 aromatic heterocycles. The van der Waals surface area contributed by atoms with Crippen molar-refractivity contribution in [3.05, 3.63) is 23.2 Å². The molecule has 24 heavy (non-hydrogen) atoms. The van der Waals surface area contributed by atoms with Gasteiger partial charge in [-0.2, -0.15) is 0 Å². The first-order chi connectivity index (χ1) is 11.5. The lowest BCUT2D eigenvalue weighted by Crippen LogP contribution is -3.11. The average molecular weight is 357 g/mol. The smallest absolute Gasteiger partial charge is 0.279 e. The molecule has 1 aromatic carbocycles. The van der Waals surface area contributed by atoms with Crippen molar-refractivity contribution in [2.75, 3.05) is 39.1 Å². The lowest BCUT2D eigenvalue weighted by molar-refractivity contribution is -0.862. The second-order valence-electron chi connectivity index (χ2n) is 5.76. The van der Waals surface area contributed by atoms with Crippen molar-refractivity contribution >= 4 is 29.1 Å². The first-order valence-electron chi connectivity index (χ1n) is 8.17. The largest absolute Gasteiger partial charge is 0.495 e. The normalized spacial score (nSPS) is 11.7. The number of methoxy groups -OCH3 is 1. The number of unbranched alkanes of at least 4 members (excludes halogenated alkanes) is 2. The van der Waals surface area contributed by atoms with Gasteiger partial charge in [0, 0.05) is 11.6 Å². The van der Waals surface area contributed by atoms with Gasteiger partial charge in [-0.25, -0.2) is 0 Å². The summed E-state index contributed by atoms with van der Waals surface area (Å²) < 4.78 is 5.19. The Morgan fingerprint density at radius 2 is 1.92 bits per heavy atom. The Morgan fingerprint density at radius 3 is 2.58 bits per heavy atom. The Morgan fingerprint density at radius 1 is 1.21 bits per heavy atom. The van der Waals surface area contributed by atoms with Crippen LogP contribution in [0.3, 0.4) is 0 Å². The first kappa shape index (κ1) is 20.3. The summed E-state index contributed by atoms with van der Waals surface area (Å²) in [6.07, 6.45) is 3.21. The van der Waals surface area contributed by atoms with E-state index in [0.29, 0.717) is 23.0 Å². The predicted molar refractivity (Wildman–Crippen MR) is 95.8 cm³/mol. The van der Waals surface area contributed by atoms with Crippen molar-refractivity contribution in [3.63, 3.8) is 0 Å². The lowest BCUT2D eigenvalue weighted by atomic mass is 10.2. The van der Waals surface area contributed by atoms with Crippen LogP contribution in [0.25, 0.3) is 0 Å². The number of benzene rings is 1. The van der Waals surface area contributed by atoms with Crippen LogP contribution < -0.4 is 20.3 Å². The molecule has 0 aliphatic heterocycles. The monoisotopic (exact) mass is 356 g/mol. The van der Waals surface area contributed by atoms with Crippen LogP contribution in [-0.2, 0) is 9.59 Å². The van der Waals surface area contributed by atoms with E-state index in [2.05, 4.69) is 17.6 Å². The minimum Gasteiger partial charge on any atom is -0.495 e. The zero-order valence-corrected chi connectivity index (χ0v) is 15.3. The van der Waals surface area contributed by atoms with Gasteiger partial charge < -0.3 is 20.3 Å². The number of hydrogen-bond acceptors (Lipinski definition) is 3. The van der Waals surface area contributed by atoms with Gasteiger partial charge in [-0.3, -0.25) is 9.59 Å². The summed E-state index contributed by atoms with van der Waals surface area (Å²) in [5.41, 5.74) is 0.520. The molecule has 0 bridgehead atoms. The molecule has 3 N–H and O–H groups in total. The van der Waals surface area contributed by atoms with Crippen molar-refractivity contribution in [1.82, 2.24) is 5.32 Å². The van der Waals surface area contributed by atoms with Gasteiger partial charge in [-0.15, -0.1) is 0 Å². The number of amides is 2. The van der Waals surface area contributed by atoms with Crippen LogP contribution in [0.15, 0.2) is 18.2 Å². The van der Waals surface area contributed by atoms with Crippen LogP contribution in [0.5, 0.6) is 5.75 Å². The van der Waals surface area contributed by atoms with E-state index >= 15 is 0 Å². The minimum atomic E-state index is -0.202. The summed E-state index contributed by atoms with van der Waals surface area (Å²) in [5, 5.41) is 6.15. The maximum absolute atomic E-state index is 12.1. The molecule has 0 radical (unpaired) electrons. The lowest BCUT2D eigenvalue weighted by Gasteiger charge is -2.15. The summed E-state index contributed by atoms with van der Waals surface area (Å²) in [4.78, 5) is 24.7. The van der Waals surface area contributed by atoms with Crippen LogP contribution in [0.4, 0.5) is 5.69 Å². The Hall–Kier alpha value is -1.79. The molecule has 0 saturated carbocycles. The number of carbonyl (C=O) groups excluding carboxylic acids is 2. The molecule has 1 atom stereocenters. The summed E-state index contributed by atoms with van der Waals surface area (Å²) >= 11 is 5.94. The summed E-state index contributed by atoms with van der Waals surface area (Å²) in [5.74, 6) is 0.294. The SMILES string of the molecule is CCCCCNC(=O)C[NH+](C)CC(=O)Nc1cc(Cl)ccc1OC. The zero-order chi connectivity index (χ0) is 17.9. The number of anilines is 1. The van der Waals surface area contributed by atoms with Gasteiger partial charge in [0.15, 0.2) is 13.1 Å². The summed E-state index contributed by atoms with van der Waals surface area (Å²) in [6, 6.07) is 5.02. The maximum atomic E-state index is 12.1. The Kier molecular flexibility index (Phi) is 9.19. The number of nitrogens with one attached hydrogen (secondary N) is 3. The van der Waals surface area contributed by atoms with Gasteiger partial charge in [0.25, 0.3) is 11.8 Å². The first-order valence-corrected chi connectivity index (χ1v) is 8.55. The van der Waals surface area contributed by atoms with E-state index in [-0.39, 0.29) is 24.9 Å². The molecule has 2 amide bonds. The zero-order valence-electron chi connectivity index (χ0n) is 14.6. The molecule has 7 heteroatoms. The molecular weight excluding hydrogens is 330 g/mol. The highest BCUT2D eigenvalue weighted by atomic mass is 35.5. The van der Waals surface area contributed by atoms with Crippen molar-refractivity contribution in [1.29, 1.82) is 0 Å². The van der Waals surface area contributed by atoms with Crippen LogP contribution in [-0.4, -0.2) is 45.6 Å². The van der Waals surface area contributed by atoms with E-state index in [1.807, 2.05) is 0 Å². The van der Waals surface area contributed by atoms with Gasteiger partial charge in [-0.05, 0) is 24.6 Å². The Labute approximate surface area is 148 Å². The molecule has 6 nitrogen and oxygen atoms in total. The highest BCUT2D eigenvalue weighted by Gasteiger charge is 2.15. The molecule has 0 aliphatic carbocycles. The van der Waals surface area contributed by atoms with Gasteiger partial charge >= 0.3 is 0 Å². The quantitative estimate of drug-likeness (QED) is 0.550. The summed E-state index contributed by atoms with van der Waals surface area (Å²) in [7, 11) is 3.33. The van der Waals surface area contributed by atoms with E-state index in [1.165, 1.54) is 7.11 Å². The van der Waals surface area contributed by atoms with Gasteiger partial charge in [0.1, 0.15) is 5.75 Å². The molecule has 1 rings (SSSR count). The van der Waals surface area contributed by atoms with Crippen LogP contribution in [0, 0.1) is 0 Å². The third kappa shape index (κ3) is 7.66. The van der Waals surface area contributed by atoms with E-state index in [0.717, 1.165) is 24.2 Å². The number of rotatable bonds is 10. The van der Waals surface area contributed by atoms with E-state index in [9.17, 15) is 9.59 Å². The number of likely N-dealkylation sites (N-methyl/N-ethyl adjacent to an activating group) is 1. The second kappa shape index (κ2) is 10.9. The Balaban J connectivity index is 2.41. The molecule has 1 unspecified atom stereocenters. The highest BCUT2D eigenvalue weighted by molar-refractivity contribution is 6.31. The molecule has 0 fully saturated rings. The second-order valence-corrected chi connectivity index (χ2v) is 6.20. The molecule has 0 heterocycles. The summed E-state index contributed by atoms with van der Waals surface area (Å²) in [6.45, 7) is 3.24. The van der Waals surface area contributed by atoms with Crippen LogP contribution in [0.1, 0.15) is 26.2 Å². The van der Waals surface area contributed by atoms with Crippen molar-refractivity contribution in [2.24, 2.45) is 0 Å². The standard InChI is InChI=1S/C17H26ClN3O3/c1-4-5-6-9-19-16(22)11-21(2)12-17(23)20-14-10-13(18)7-8-15(14)24-3/h7-8,10H,4-6,9,11-12H2,1-3H3,(H,19,22)(H,20,23)/p+1. The number of ether oxygens (including phenoxy) is 1. The number of quaternary nitrogens is 1. The third-order valence-electron chi connectivity index (χ3n) is 3.46. The van der Waals surface area contributed by atoms with Crippen molar-refractivity contribution < 1.29 is 19.2 Å². The van der Waals surface area contributed by atoms with E-state index < -0.39 is 0 Å². The fourth-order valence-electron chi connectivity index (χ4n) is 2.25. The molecule has 0 saturated heterocycles. The van der Waals surface area contributed by atoms with E-state index in [4.69, 9.17) is 16.3 Å². The molecular formula is C17H27ClN3O3+. The maximum Gasteiger partial charge on any atom is 0.279 e. The number of hydrogen-bond donors (Lipinski definition) is 3. The van der Waals surface area contributed by atoms with Gasteiger partial charge in [-0.1, -0.05) is 31.4 Å². The molecule has 0 aliphatic rings. The fraction of sp³-hybridized carbons (Fsp3) is 0.529. The highest BCUT2D eigenvalue weighted by Crippen LogP contribution is 2.27. The van der Waals surface area contributed by atoms with Crippen LogP contribution in [0.2, 0.25) is 5.02 Å². The fourth-order valence-corrected chi connectivity index (χ4v) is 2.42. The Bertz CT molecular complexity index is 552. The minimum absolute atomic E-state index is 0.0447. The predicted octanol–water partition coefficient (Wildman–Crippen LogP) is 1.11. The molecule has 1 aromatic rings. The average Bonchev–Trinajstić information content (AvgIpc) is 2.51. The van der Waals surface area contributed by atoms with Gasteiger partial charge in [0.2, 0.25) is 0 Å². The third-order valence-corrected chi connectivity index (χ3v) is 3.70. The van der Waals surface area contributed by atoms with Crippen LogP contribution >= 0.6 is 11.6 Å².